The smallest absolute Gasteiger partial charge is 0.264 e. The van der Waals surface area contributed by atoms with Crippen LogP contribution in [0, 0.1) is 5.82 Å². The molecule has 1 atom stereocenters. The average Bonchev–Trinajstić information content (AvgIpc) is 2.87. The summed E-state index contributed by atoms with van der Waals surface area (Å²) < 4.78 is 42.5. The molecule has 0 aliphatic carbocycles. The third kappa shape index (κ3) is 7.39. The van der Waals surface area contributed by atoms with E-state index in [0.717, 1.165) is 8.78 Å². The second-order valence-corrected chi connectivity index (χ2v) is 11.6. The Hall–Kier alpha value is -3.24. The quantitative estimate of drug-likeness (QED) is 0.370. The normalized spacial score (nSPS) is 12.2. The molecule has 0 heterocycles. The maximum atomic E-state index is 13.7. The van der Waals surface area contributed by atoms with E-state index in [1.54, 1.807) is 63.2 Å². The van der Waals surface area contributed by atoms with Crippen LogP contribution in [0.25, 0.3) is 0 Å². The summed E-state index contributed by atoms with van der Waals surface area (Å²) in [7, 11) is -4.12. The van der Waals surface area contributed by atoms with E-state index in [1.165, 1.54) is 41.3 Å². The van der Waals surface area contributed by atoms with Gasteiger partial charge in [-0.2, -0.15) is 0 Å². The summed E-state index contributed by atoms with van der Waals surface area (Å²) in [4.78, 5) is 27.9. The SMILES string of the molecule is CC(C)NC(=O)[C@H](C)N(Cc1ccc(F)cc1)C(=O)CN(c1ccc(Br)cc1)S(=O)(=O)c1ccccc1. The van der Waals surface area contributed by atoms with Gasteiger partial charge >= 0.3 is 0 Å². The molecule has 196 valence electrons. The predicted octanol–water partition coefficient (Wildman–Crippen LogP) is 4.73. The summed E-state index contributed by atoms with van der Waals surface area (Å²) in [5.41, 5.74) is 0.890. The fraction of sp³-hybridized carbons (Fsp3) is 0.259. The summed E-state index contributed by atoms with van der Waals surface area (Å²) in [5.74, 6) is -1.40. The highest BCUT2D eigenvalue weighted by Crippen LogP contribution is 2.26. The van der Waals surface area contributed by atoms with Crippen molar-refractivity contribution in [2.75, 3.05) is 10.8 Å². The number of benzene rings is 3. The van der Waals surface area contributed by atoms with Gasteiger partial charge in [-0.15, -0.1) is 0 Å². The van der Waals surface area contributed by atoms with Gasteiger partial charge in [-0.25, -0.2) is 12.8 Å². The van der Waals surface area contributed by atoms with Gasteiger partial charge in [0.2, 0.25) is 11.8 Å². The van der Waals surface area contributed by atoms with Gasteiger partial charge in [-0.1, -0.05) is 46.3 Å². The number of halogens is 2. The Bertz CT molecular complexity index is 1320. The first-order valence-electron chi connectivity index (χ1n) is 11.7. The van der Waals surface area contributed by atoms with Gasteiger partial charge in [0, 0.05) is 17.1 Å². The van der Waals surface area contributed by atoms with Crippen molar-refractivity contribution in [2.45, 2.75) is 44.3 Å². The highest BCUT2D eigenvalue weighted by Gasteiger charge is 2.32. The molecule has 0 aliphatic heterocycles. The molecule has 0 saturated heterocycles. The molecule has 37 heavy (non-hydrogen) atoms. The molecule has 0 saturated carbocycles. The minimum absolute atomic E-state index is 0.00857. The molecule has 10 heteroatoms. The second kappa shape index (κ2) is 12.3. The van der Waals surface area contributed by atoms with Gasteiger partial charge < -0.3 is 10.2 Å². The number of amides is 2. The number of anilines is 1. The van der Waals surface area contributed by atoms with Crippen LogP contribution in [0.2, 0.25) is 0 Å². The van der Waals surface area contributed by atoms with Gasteiger partial charge in [0.15, 0.2) is 0 Å². The number of carbonyl (C=O) groups is 2. The van der Waals surface area contributed by atoms with Crippen LogP contribution in [-0.4, -0.2) is 43.8 Å². The van der Waals surface area contributed by atoms with E-state index in [0.29, 0.717) is 11.3 Å². The van der Waals surface area contributed by atoms with Gasteiger partial charge in [0.05, 0.1) is 10.6 Å². The summed E-state index contributed by atoms with van der Waals surface area (Å²) in [5, 5.41) is 2.79. The Kier molecular flexibility index (Phi) is 9.45. The van der Waals surface area contributed by atoms with Crippen molar-refractivity contribution in [3.8, 4) is 0 Å². The van der Waals surface area contributed by atoms with Gasteiger partial charge in [-0.05, 0) is 74.9 Å². The van der Waals surface area contributed by atoms with Crippen molar-refractivity contribution in [2.24, 2.45) is 0 Å². The van der Waals surface area contributed by atoms with E-state index < -0.39 is 34.3 Å². The lowest BCUT2D eigenvalue weighted by molar-refractivity contribution is -0.139. The topological polar surface area (TPSA) is 86.8 Å². The standard InChI is InChI=1S/C27H29BrFN3O4S/c1-19(2)30-27(34)20(3)31(17-21-9-13-23(29)14-10-21)26(33)18-32(24-15-11-22(28)12-16-24)37(35,36)25-7-5-4-6-8-25/h4-16,19-20H,17-18H2,1-3H3,(H,30,34)/t20-/m0/s1. The lowest BCUT2D eigenvalue weighted by atomic mass is 10.1. The van der Waals surface area contributed by atoms with Crippen molar-refractivity contribution in [1.82, 2.24) is 10.2 Å². The van der Waals surface area contributed by atoms with Crippen molar-refractivity contribution in [3.63, 3.8) is 0 Å². The maximum absolute atomic E-state index is 13.7. The van der Waals surface area contributed by atoms with Crippen molar-refractivity contribution < 1.29 is 22.4 Å². The van der Waals surface area contributed by atoms with E-state index in [2.05, 4.69) is 21.2 Å². The zero-order valence-corrected chi connectivity index (χ0v) is 23.2. The summed E-state index contributed by atoms with van der Waals surface area (Å²) in [6.45, 7) is 4.64. The van der Waals surface area contributed by atoms with E-state index in [4.69, 9.17) is 0 Å². The molecule has 2 amide bonds. The molecule has 3 rings (SSSR count). The lowest BCUT2D eigenvalue weighted by Crippen LogP contribution is -2.52. The first-order chi connectivity index (χ1) is 17.5. The summed E-state index contributed by atoms with van der Waals surface area (Å²) >= 11 is 3.35. The van der Waals surface area contributed by atoms with Crippen LogP contribution in [0.5, 0.6) is 0 Å². The summed E-state index contributed by atoms with van der Waals surface area (Å²) in [6.07, 6.45) is 0. The molecular formula is C27H29BrFN3O4S. The molecule has 0 aliphatic rings. The van der Waals surface area contributed by atoms with Crippen LogP contribution in [-0.2, 0) is 26.2 Å². The van der Waals surface area contributed by atoms with E-state index in [1.807, 2.05) is 0 Å². The molecule has 0 bridgehead atoms. The van der Waals surface area contributed by atoms with Crippen molar-refractivity contribution in [3.05, 3.63) is 94.7 Å². The number of nitrogens with one attached hydrogen (secondary N) is 1. The monoisotopic (exact) mass is 589 g/mol. The molecule has 3 aromatic rings. The minimum Gasteiger partial charge on any atom is -0.352 e. The predicted molar refractivity (Wildman–Crippen MR) is 145 cm³/mol. The largest absolute Gasteiger partial charge is 0.352 e. The molecule has 3 aromatic carbocycles. The number of hydrogen-bond donors (Lipinski definition) is 1. The van der Waals surface area contributed by atoms with Gasteiger partial charge in [-0.3, -0.25) is 13.9 Å². The minimum atomic E-state index is -4.12. The molecule has 1 N–H and O–H groups in total. The average molecular weight is 591 g/mol. The lowest BCUT2D eigenvalue weighted by Gasteiger charge is -2.32. The third-order valence-corrected chi connectivity index (χ3v) is 7.91. The highest BCUT2D eigenvalue weighted by atomic mass is 79.9. The summed E-state index contributed by atoms with van der Waals surface area (Å²) in [6, 6.07) is 18.9. The Balaban J connectivity index is 2.00. The van der Waals surface area contributed by atoms with Crippen LogP contribution in [0.4, 0.5) is 10.1 Å². The number of carbonyl (C=O) groups excluding carboxylic acids is 2. The maximum Gasteiger partial charge on any atom is 0.264 e. The zero-order valence-electron chi connectivity index (χ0n) is 20.8. The van der Waals surface area contributed by atoms with E-state index >= 15 is 0 Å². The third-order valence-electron chi connectivity index (χ3n) is 5.59. The number of nitrogens with zero attached hydrogens (tertiary/aromatic N) is 2. The van der Waals surface area contributed by atoms with Crippen LogP contribution in [0.1, 0.15) is 26.3 Å². The Morgan fingerprint density at radius 2 is 1.51 bits per heavy atom. The fourth-order valence-corrected chi connectivity index (χ4v) is 5.33. The van der Waals surface area contributed by atoms with Crippen LogP contribution in [0.3, 0.4) is 0 Å². The fourth-order valence-electron chi connectivity index (χ4n) is 3.63. The molecular weight excluding hydrogens is 561 g/mol. The highest BCUT2D eigenvalue weighted by molar-refractivity contribution is 9.10. The van der Waals surface area contributed by atoms with Gasteiger partial charge in [0.25, 0.3) is 10.0 Å². The number of hydrogen-bond acceptors (Lipinski definition) is 4. The van der Waals surface area contributed by atoms with E-state index in [9.17, 15) is 22.4 Å². The van der Waals surface area contributed by atoms with Crippen LogP contribution in [0.15, 0.2) is 88.2 Å². The Morgan fingerprint density at radius 1 is 0.919 bits per heavy atom. The Morgan fingerprint density at radius 3 is 2.08 bits per heavy atom. The molecule has 0 aromatic heterocycles. The molecule has 0 fully saturated rings. The molecule has 7 nitrogen and oxygen atoms in total. The van der Waals surface area contributed by atoms with Crippen LogP contribution < -0.4 is 9.62 Å². The molecule has 0 radical (unpaired) electrons. The molecule has 0 unspecified atom stereocenters. The Labute approximate surface area is 225 Å². The molecule has 0 spiro atoms. The first kappa shape index (κ1) is 28.3. The van der Waals surface area contributed by atoms with E-state index in [-0.39, 0.29) is 23.4 Å². The zero-order chi connectivity index (χ0) is 27.2. The second-order valence-electron chi connectivity index (χ2n) is 8.79. The van der Waals surface area contributed by atoms with Crippen LogP contribution >= 0.6 is 15.9 Å². The van der Waals surface area contributed by atoms with Crippen molar-refractivity contribution >= 4 is 43.5 Å². The van der Waals surface area contributed by atoms with Gasteiger partial charge in [0.1, 0.15) is 18.4 Å². The van der Waals surface area contributed by atoms with Crippen molar-refractivity contribution in [1.29, 1.82) is 0 Å². The number of sulfonamides is 1. The number of rotatable bonds is 10. The first-order valence-corrected chi connectivity index (χ1v) is 13.9.